The van der Waals surface area contributed by atoms with E-state index < -0.39 is 0 Å². The molecule has 5 heteroatoms. The quantitative estimate of drug-likeness (QED) is 0.888. The standard InChI is InChI=1S/C12H10ClN3O/c1-7-15-10(6-14)12(16-7)9-5-8(13)3-4-11(9)17-2/h3-5H,1-2H3,(H,15,16). The molecule has 0 aliphatic heterocycles. The molecule has 1 aromatic carbocycles. The van der Waals surface area contributed by atoms with Crippen molar-refractivity contribution in [3.63, 3.8) is 0 Å². The highest BCUT2D eigenvalue weighted by atomic mass is 35.5. The molecule has 0 aliphatic carbocycles. The summed E-state index contributed by atoms with van der Waals surface area (Å²) in [5.74, 6) is 1.33. The molecule has 0 fully saturated rings. The summed E-state index contributed by atoms with van der Waals surface area (Å²) in [7, 11) is 1.57. The van der Waals surface area contributed by atoms with Gasteiger partial charge in [0.2, 0.25) is 0 Å². The number of imidazole rings is 1. The maximum absolute atomic E-state index is 9.02. The highest BCUT2D eigenvalue weighted by molar-refractivity contribution is 6.31. The fourth-order valence-electron chi connectivity index (χ4n) is 1.64. The van der Waals surface area contributed by atoms with Gasteiger partial charge in [0.25, 0.3) is 0 Å². The van der Waals surface area contributed by atoms with E-state index in [4.69, 9.17) is 21.6 Å². The largest absolute Gasteiger partial charge is 0.496 e. The van der Waals surface area contributed by atoms with Gasteiger partial charge in [-0.15, -0.1) is 0 Å². The Balaban J connectivity index is 2.67. The van der Waals surface area contributed by atoms with Crippen molar-refractivity contribution in [3.8, 4) is 23.1 Å². The summed E-state index contributed by atoms with van der Waals surface area (Å²) < 4.78 is 5.25. The van der Waals surface area contributed by atoms with Crippen molar-refractivity contribution < 1.29 is 4.74 Å². The first-order valence-electron chi connectivity index (χ1n) is 4.96. The van der Waals surface area contributed by atoms with Gasteiger partial charge in [-0.1, -0.05) is 11.6 Å². The summed E-state index contributed by atoms with van der Waals surface area (Å²) in [6, 6.07) is 7.28. The van der Waals surface area contributed by atoms with Gasteiger partial charge in [-0.3, -0.25) is 0 Å². The minimum Gasteiger partial charge on any atom is -0.496 e. The third-order valence-electron chi connectivity index (χ3n) is 2.36. The van der Waals surface area contributed by atoms with Crippen molar-refractivity contribution in [1.82, 2.24) is 9.97 Å². The lowest BCUT2D eigenvalue weighted by Crippen LogP contribution is -1.90. The second-order valence-electron chi connectivity index (χ2n) is 3.50. The summed E-state index contributed by atoms with van der Waals surface area (Å²) in [5, 5.41) is 9.60. The van der Waals surface area contributed by atoms with E-state index in [-0.39, 0.29) is 0 Å². The van der Waals surface area contributed by atoms with Crippen LogP contribution in [0.25, 0.3) is 11.3 Å². The molecule has 0 saturated heterocycles. The first-order chi connectivity index (χ1) is 8.15. The Morgan fingerprint density at radius 2 is 2.24 bits per heavy atom. The number of hydrogen-bond donors (Lipinski definition) is 1. The molecule has 1 N–H and O–H groups in total. The predicted molar refractivity (Wildman–Crippen MR) is 65.0 cm³/mol. The Labute approximate surface area is 104 Å². The van der Waals surface area contributed by atoms with Crippen LogP contribution < -0.4 is 4.74 Å². The third kappa shape index (κ3) is 2.10. The van der Waals surface area contributed by atoms with Crippen LogP contribution in [0.4, 0.5) is 0 Å². The molecule has 0 radical (unpaired) electrons. The van der Waals surface area contributed by atoms with Gasteiger partial charge < -0.3 is 9.72 Å². The van der Waals surface area contributed by atoms with Crippen molar-refractivity contribution in [1.29, 1.82) is 5.26 Å². The number of halogens is 1. The Hall–Kier alpha value is -1.99. The fraction of sp³-hybridized carbons (Fsp3) is 0.167. The Bertz CT molecular complexity index is 598. The van der Waals surface area contributed by atoms with Gasteiger partial charge in [0.05, 0.1) is 12.8 Å². The number of methoxy groups -OCH3 is 1. The molecule has 2 rings (SSSR count). The molecule has 86 valence electrons. The lowest BCUT2D eigenvalue weighted by Gasteiger charge is -2.07. The van der Waals surface area contributed by atoms with Gasteiger partial charge in [0.15, 0.2) is 5.69 Å². The van der Waals surface area contributed by atoms with Gasteiger partial charge >= 0.3 is 0 Å². The number of nitrogens with zero attached hydrogens (tertiary/aromatic N) is 2. The van der Waals surface area contributed by atoms with E-state index in [1.165, 1.54) is 0 Å². The van der Waals surface area contributed by atoms with Crippen LogP contribution in [0.3, 0.4) is 0 Å². The number of nitrogens with one attached hydrogen (secondary N) is 1. The molecule has 2 aromatic rings. The molecular weight excluding hydrogens is 238 g/mol. The Kier molecular flexibility index (Phi) is 3.03. The summed E-state index contributed by atoms with van der Waals surface area (Å²) in [6.45, 7) is 1.79. The molecule has 17 heavy (non-hydrogen) atoms. The average molecular weight is 248 g/mol. The molecule has 0 saturated carbocycles. The summed E-state index contributed by atoms with van der Waals surface area (Å²) >= 11 is 5.95. The van der Waals surface area contributed by atoms with Gasteiger partial charge in [-0.25, -0.2) is 4.98 Å². The second-order valence-corrected chi connectivity index (χ2v) is 3.94. The maximum Gasteiger partial charge on any atom is 0.166 e. The van der Waals surface area contributed by atoms with Gasteiger partial charge in [-0.2, -0.15) is 5.26 Å². The highest BCUT2D eigenvalue weighted by Gasteiger charge is 2.14. The Morgan fingerprint density at radius 3 is 2.88 bits per heavy atom. The van der Waals surface area contributed by atoms with Gasteiger partial charge in [0, 0.05) is 10.6 Å². The average Bonchev–Trinajstić information content (AvgIpc) is 2.70. The normalized spacial score (nSPS) is 10.0. The van der Waals surface area contributed by atoms with E-state index in [0.29, 0.717) is 28.0 Å². The van der Waals surface area contributed by atoms with E-state index in [1.54, 1.807) is 32.2 Å². The zero-order valence-corrected chi connectivity index (χ0v) is 10.2. The predicted octanol–water partition coefficient (Wildman–Crippen LogP) is 2.92. The Morgan fingerprint density at radius 1 is 1.47 bits per heavy atom. The summed E-state index contributed by atoms with van der Waals surface area (Å²) in [5.41, 5.74) is 1.70. The molecule has 4 nitrogen and oxygen atoms in total. The van der Waals surface area contributed by atoms with Crippen molar-refractivity contribution in [2.45, 2.75) is 6.92 Å². The summed E-state index contributed by atoms with van der Waals surface area (Å²) in [4.78, 5) is 7.14. The number of H-pyrrole nitrogens is 1. The maximum atomic E-state index is 9.02. The lowest BCUT2D eigenvalue weighted by molar-refractivity contribution is 0.416. The van der Waals surface area contributed by atoms with Crippen LogP contribution in [-0.2, 0) is 0 Å². The zero-order chi connectivity index (χ0) is 12.4. The molecular formula is C12H10ClN3O. The molecule has 0 spiro atoms. The number of aryl methyl sites for hydroxylation is 1. The van der Waals surface area contributed by atoms with E-state index in [0.717, 1.165) is 5.56 Å². The number of benzene rings is 1. The molecule has 0 aliphatic rings. The third-order valence-corrected chi connectivity index (χ3v) is 2.59. The monoisotopic (exact) mass is 247 g/mol. The topological polar surface area (TPSA) is 61.7 Å². The zero-order valence-electron chi connectivity index (χ0n) is 9.41. The van der Waals surface area contributed by atoms with Crippen molar-refractivity contribution in [2.75, 3.05) is 7.11 Å². The lowest BCUT2D eigenvalue weighted by atomic mass is 10.1. The number of aromatic nitrogens is 2. The van der Waals surface area contributed by atoms with E-state index in [2.05, 4.69) is 9.97 Å². The van der Waals surface area contributed by atoms with Crippen LogP contribution in [-0.4, -0.2) is 17.1 Å². The fourth-order valence-corrected chi connectivity index (χ4v) is 1.82. The number of ether oxygens (including phenoxy) is 1. The highest BCUT2D eigenvalue weighted by Crippen LogP contribution is 2.33. The molecule has 1 aromatic heterocycles. The van der Waals surface area contributed by atoms with Crippen molar-refractivity contribution in [3.05, 3.63) is 34.7 Å². The van der Waals surface area contributed by atoms with Crippen LogP contribution in [0.1, 0.15) is 11.5 Å². The summed E-state index contributed by atoms with van der Waals surface area (Å²) in [6.07, 6.45) is 0. The van der Waals surface area contributed by atoms with Crippen LogP contribution >= 0.6 is 11.6 Å². The van der Waals surface area contributed by atoms with E-state index in [9.17, 15) is 0 Å². The molecule has 1 heterocycles. The van der Waals surface area contributed by atoms with Crippen LogP contribution in [0.2, 0.25) is 5.02 Å². The van der Waals surface area contributed by atoms with Crippen molar-refractivity contribution in [2.24, 2.45) is 0 Å². The number of rotatable bonds is 2. The van der Waals surface area contributed by atoms with Crippen LogP contribution in [0.15, 0.2) is 18.2 Å². The first kappa shape index (κ1) is 11.5. The number of hydrogen-bond acceptors (Lipinski definition) is 3. The van der Waals surface area contributed by atoms with E-state index in [1.807, 2.05) is 6.07 Å². The van der Waals surface area contributed by atoms with Gasteiger partial charge in [-0.05, 0) is 25.1 Å². The minimum absolute atomic E-state index is 0.336. The van der Waals surface area contributed by atoms with Crippen LogP contribution in [0, 0.1) is 18.3 Å². The SMILES string of the molecule is COc1ccc(Cl)cc1-c1[nH]c(C)nc1C#N. The first-order valence-corrected chi connectivity index (χ1v) is 5.34. The molecule has 0 atom stereocenters. The van der Waals surface area contributed by atoms with Crippen molar-refractivity contribution >= 4 is 11.6 Å². The number of aromatic amines is 1. The van der Waals surface area contributed by atoms with Crippen LogP contribution in [0.5, 0.6) is 5.75 Å². The molecule has 0 amide bonds. The second kappa shape index (κ2) is 4.48. The molecule has 0 bridgehead atoms. The minimum atomic E-state index is 0.336. The number of nitriles is 1. The van der Waals surface area contributed by atoms with Gasteiger partial charge in [0.1, 0.15) is 17.6 Å². The molecule has 0 unspecified atom stereocenters. The smallest absolute Gasteiger partial charge is 0.166 e. The van der Waals surface area contributed by atoms with E-state index >= 15 is 0 Å².